The molecule has 4 N–H and O–H groups in total. The Kier molecular flexibility index (Phi) is 5.54. The SMILES string of the molecule is CCOCC(C)NC(=O)c1cc(C)nc(NN)c1. The van der Waals surface area contributed by atoms with Crippen molar-refractivity contribution in [3.05, 3.63) is 23.4 Å². The van der Waals surface area contributed by atoms with Crippen LogP contribution >= 0.6 is 0 Å². The van der Waals surface area contributed by atoms with Crippen molar-refractivity contribution in [2.24, 2.45) is 5.84 Å². The lowest BCUT2D eigenvalue weighted by atomic mass is 10.2. The molecule has 6 nitrogen and oxygen atoms in total. The van der Waals surface area contributed by atoms with Crippen molar-refractivity contribution in [3.63, 3.8) is 0 Å². The number of carbonyl (C=O) groups is 1. The fourth-order valence-electron chi connectivity index (χ4n) is 1.52. The van der Waals surface area contributed by atoms with E-state index in [4.69, 9.17) is 10.6 Å². The molecule has 1 aromatic heterocycles. The van der Waals surface area contributed by atoms with Crippen molar-refractivity contribution in [2.45, 2.75) is 26.8 Å². The van der Waals surface area contributed by atoms with E-state index in [0.29, 0.717) is 24.6 Å². The lowest BCUT2D eigenvalue weighted by Gasteiger charge is -2.14. The summed E-state index contributed by atoms with van der Waals surface area (Å²) >= 11 is 0. The van der Waals surface area contributed by atoms with Crippen molar-refractivity contribution < 1.29 is 9.53 Å². The molecule has 0 aromatic carbocycles. The maximum atomic E-state index is 12.0. The number of hydrazine groups is 1. The lowest BCUT2D eigenvalue weighted by molar-refractivity contribution is 0.0872. The van der Waals surface area contributed by atoms with E-state index in [-0.39, 0.29) is 11.9 Å². The molecule has 1 aromatic rings. The molecule has 18 heavy (non-hydrogen) atoms. The van der Waals surface area contributed by atoms with E-state index in [9.17, 15) is 4.79 Å². The summed E-state index contributed by atoms with van der Waals surface area (Å²) in [7, 11) is 0. The van der Waals surface area contributed by atoms with E-state index in [1.807, 2.05) is 13.8 Å². The summed E-state index contributed by atoms with van der Waals surface area (Å²) < 4.78 is 5.24. The van der Waals surface area contributed by atoms with E-state index in [2.05, 4.69) is 15.7 Å². The van der Waals surface area contributed by atoms with Gasteiger partial charge in [0.1, 0.15) is 5.82 Å². The van der Waals surface area contributed by atoms with Crippen LogP contribution in [0.2, 0.25) is 0 Å². The van der Waals surface area contributed by atoms with Gasteiger partial charge in [0.25, 0.3) is 5.91 Å². The number of rotatable bonds is 6. The Morgan fingerprint density at radius 3 is 2.89 bits per heavy atom. The Morgan fingerprint density at radius 2 is 2.28 bits per heavy atom. The van der Waals surface area contributed by atoms with E-state index >= 15 is 0 Å². The molecule has 100 valence electrons. The largest absolute Gasteiger partial charge is 0.380 e. The zero-order valence-electron chi connectivity index (χ0n) is 11.0. The van der Waals surface area contributed by atoms with E-state index in [0.717, 1.165) is 5.69 Å². The van der Waals surface area contributed by atoms with Crippen LogP contribution in [0, 0.1) is 6.92 Å². The number of nitrogen functional groups attached to an aromatic ring is 1. The van der Waals surface area contributed by atoms with Gasteiger partial charge in [0.05, 0.1) is 6.61 Å². The van der Waals surface area contributed by atoms with Crippen molar-refractivity contribution in [3.8, 4) is 0 Å². The molecule has 0 saturated carbocycles. The highest BCUT2D eigenvalue weighted by Crippen LogP contribution is 2.09. The zero-order chi connectivity index (χ0) is 13.5. The molecule has 1 unspecified atom stereocenters. The minimum Gasteiger partial charge on any atom is -0.380 e. The molecule has 0 aliphatic heterocycles. The molecule has 1 atom stereocenters. The number of hydrogen-bond acceptors (Lipinski definition) is 5. The van der Waals surface area contributed by atoms with Crippen LogP contribution in [0.3, 0.4) is 0 Å². The molecule has 0 spiro atoms. The smallest absolute Gasteiger partial charge is 0.251 e. The van der Waals surface area contributed by atoms with Crippen LogP contribution in [0.4, 0.5) is 5.82 Å². The third-order valence-electron chi connectivity index (χ3n) is 2.31. The number of nitrogens with zero attached hydrogens (tertiary/aromatic N) is 1. The van der Waals surface area contributed by atoms with E-state index in [1.165, 1.54) is 0 Å². The van der Waals surface area contributed by atoms with E-state index in [1.54, 1.807) is 19.1 Å². The second kappa shape index (κ2) is 6.93. The maximum Gasteiger partial charge on any atom is 0.251 e. The third kappa shape index (κ3) is 4.31. The second-order valence-electron chi connectivity index (χ2n) is 4.06. The van der Waals surface area contributed by atoms with Crippen LogP contribution in [0.5, 0.6) is 0 Å². The number of aromatic nitrogens is 1. The summed E-state index contributed by atoms with van der Waals surface area (Å²) in [5.74, 6) is 5.60. The molecule has 1 heterocycles. The molecular weight excluding hydrogens is 232 g/mol. The van der Waals surface area contributed by atoms with Crippen molar-refractivity contribution in [1.82, 2.24) is 10.3 Å². The molecular formula is C12H20N4O2. The van der Waals surface area contributed by atoms with Gasteiger partial charge in [-0.3, -0.25) is 4.79 Å². The molecule has 0 saturated heterocycles. The highest BCUT2D eigenvalue weighted by Gasteiger charge is 2.11. The first kappa shape index (κ1) is 14.4. The predicted octanol–water partition coefficient (Wildman–Crippen LogP) is 0.830. The quantitative estimate of drug-likeness (QED) is 0.515. The standard InChI is InChI=1S/C12H20N4O2/c1-4-18-7-9(3)15-12(17)10-5-8(2)14-11(6-10)16-13/h5-6,9H,4,7,13H2,1-3H3,(H,14,16)(H,15,17). The minimum atomic E-state index is -0.163. The van der Waals surface area contributed by atoms with E-state index < -0.39 is 0 Å². The van der Waals surface area contributed by atoms with Crippen LogP contribution in [0.1, 0.15) is 29.9 Å². The summed E-state index contributed by atoms with van der Waals surface area (Å²) in [4.78, 5) is 16.1. The number of amides is 1. The Morgan fingerprint density at radius 1 is 1.56 bits per heavy atom. The van der Waals surface area contributed by atoms with Gasteiger partial charge in [-0.25, -0.2) is 10.8 Å². The minimum absolute atomic E-state index is 0.0415. The highest BCUT2D eigenvalue weighted by atomic mass is 16.5. The summed E-state index contributed by atoms with van der Waals surface area (Å²) in [6, 6.07) is 3.28. The van der Waals surface area contributed by atoms with Gasteiger partial charge >= 0.3 is 0 Å². The first-order chi connectivity index (χ1) is 8.56. The molecule has 0 aliphatic carbocycles. The van der Waals surface area contributed by atoms with Crippen LogP contribution in [0.25, 0.3) is 0 Å². The molecule has 0 radical (unpaired) electrons. The average molecular weight is 252 g/mol. The number of nitrogens with one attached hydrogen (secondary N) is 2. The highest BCUT2D eigenvalue weighted by molar-refractivity contribution is 5.95. The first-order valence-corrected chi connectivity index (χ1v) is 5.90. The third-order valence-corrected chi connectivity index (χ3v) is 2.31. The van der Waals surface area contributed by atoms with Crippen molar-refractivity contribution in [1.29, 1.82) is 0 Å². The second-order valence-corrected chi connectivity index (χ2v) is 4.06. The predicted molar refractivity (Wildman–Crippen MR) is 70.2 cm³/mol. The van der Waals surface area contributed by atoms with Gasteiger partial charge < -0.3 is 15.5 Å². The van der Waals surface area contributed by atoms with Crippen LogP contribution in [-0.4, -0.2) is 30.1 Å². The molecule has 6 heteroatoms. The van der Waals surface area contributed by atoms with Gasteiger partial charge in [-0.2, -0.15) is 0 Å². The van der Waals surface area contributed by atoms with Gasteiger partial charge in [-0.05, 0) is 32.9 Å². The fourth-order valence-corrected chi connectivity index (χ4v) is 1.52. The van der Waals surface area contributed by atoms with Gasteiger partial charge in [0.15, 0.2) is 0 Å². The van der Waals surface area contributed by atoms with Gasteiger partial charge in [-0.1, -0.05) is 0 Å². The summed E-state index contributed by atoms with van der Waals surface area (Å²) in [5.41, 5.74) is 3.69. The summed E-state index contributed by atoms with van der Waals surface area (Å²) in [6.45, 7) is 6.75. The number of hydrogen-bond donors (Lipinski definition) is 3. The Balaban J connectivity index is 2.68. The van der Waals surface area contributed by atoms with Gasteiger partial charge in [0.2, 0.25) is 0 Å². The van der Waals surface area contributed by atoms with Crippen LogP contribution < -0.4 is 16.6 Å². The molecule has 1 amide bonds. The van der Waals surface area contributed by atoms with Gasteiger partial charge in [-0.15, -0.1) is 0 Å². The number of pyridine rings is 1. The Bertz CT molecular complexity index is 409. The zero-order valence-corrected chi connectivity index (χ0v) is 11.0. The summed E-state index contributed by atoms with van der Waals surface area (Å²) in [6.07, 6.45) is 0. The lowest BCUT2D eigenvalue weighted by Crippen LogP contribution is -2.36. The Labute approximate surface area is 107 Å². The number of nitrogens with two attached hydrogens (primary N) is 1. The van der Waals surface area contributed by atoms with Crippen molar-refractivity contribution >= 4 is 11.7 Å². The number of ether oxygens (including phenoxy) is 1. The monoisotopic (exact) mass is 252 g/mol. The Hall–Kier alpha value is -1.66. The molecule has 1 rings (SSSR count). The number of anilines is 1. The fraction of sp³-hybridized carbons (Fsp3) is 0.500. The summed E-state index contributed by atoms with van der Waals surface area (Å²) in [5, 5.41) is 2.85. The average Bonchev–Trinajstić information content (AvgIpc) is 2.35. The normalized spacial score (nSPS) is 12.0. The first-order valence-electron chi connectivity index (χ1n) is 5.90. The maximum absolute atomic E-state index is 12.0. The van der Waals surface area contributed by atoms with Gasteiger partial charge in [0, 0.05) is 23.9 Å². The van der Waals surface area contributed by atoms with Crippen molar-refractivity contribution in [2.75, 3.05) is 18.6 Å². The van der Waals surface area contributed by atoms with Crippen LogP contribution in [-0.2, 0) is 4.74 Å². The molecule has 0 bridgehead atoms. The topological polar surface area (TPSA) is 89.3 Å². The molecule has 0 aliphatic rings. The number of carbonyl (C=O) groups excluding carboxylic acids is 1. The van der Waals surface area contributed by atoms with Crippen LogP contribution in [0.15, 0.2) is 12.1 Å². The molecule has 0 fully saturated rings. The number of aryl methyl sites for hydroxylation is 1.